The summed E-state index contributed by atoms with van der Waals surface area (Å²) in [4.78, 5) is 20.9. The second-order valence-corrected chi connectivity index (χ2v) is 3.04. The number of hydrogen-bond acceptors (Lipinski definition) is 3. The lowest BCUT2D eigenvalue weighted by molar-refractivity contribution is -0.136. The van der Waals surface area contributed by atoms with Crippen LogP contribution in [-0.2, 0) is 16.0 Å². The Labute approximate surface area is 91.5 Å². The Morgan fingerprint density at radius 2 is 2.06 bits per heavy atom. The molecule has 0 unspecified atom stereocenters. The number of nitrogens with two attached hydrogens (primary N) is 1. The summed E-state index contributed by atoms with van der Waals surface area (Å²) in [5.41, 5.74) is 5.48. The number of aliphatic carboxylic acids is 1. The summed E-state index contributed by atoms with van der Waals surface area (Å²) in [7, 11) is 0. The van der Waals surface area contributed by atoms with E-state index in [4.69, 9.17) is 10.8 Å². The summed E-state index contributed by atoms with van der Waals surface area (Å²) in [5.74, 6) is 2.50. The van der Waals surface area contributed by atoms with Crippen LogP contribution in [0.3, 0.4) is 0 Å². The van der Waals surface area contributed by atoms with Gasteiger partial charge in [-0.25, -0.2) is 0 Å². The van der Waals surface area contributed by atoms with Crippen LogP contribution in [0.1, 0.15) is 11.1 Å². The third-order valence-corrected chi connectivity index (χ3v) is 1.74. The van der Waals surface area contributed by atoms with Gasteiger partial charge in [-0.3, -0.25) is 9.59 Å². The van der Waals surface area contributed by atoms with Gasteiger partial charge >= 0.3 is 5.97 Å². The van der Waals surface area contributed by atoms with Crippen LogP contribution in [0.15, 0.2) is 18.2 Å². The minimum absolute atomic E-state index is 0.122. The first-order valence-corrected chi connectivity index (χ1v) is 4.34. The van der Waals surface area contributed by atoms with Gasteiger partial charge in [0.1, 0.15) is 5.75 Å². The van der Waals surface area contributed by atoms with Gasteiger partial charge in [0.25, 0.3) is 5.91 Å². The van der Waals surface area contributed by atoms with Gasteiger partial charge in [-0.05, 0) is 17.7 Å². The molecule has 0 aliphatic heterocycles. The van der Waals surface area contributed by atoms with Crippen LogP contribution in [0, 0.1) is 11.8 Å². The average Bonchev–Trinajstić information content (AvgIpc) is 2.18. The molecule has 1 rings (SSSR count). The Bertz CT molecular complexity index is 496. The summed E-state index contributed by atoms with van der Waals surface area (Å²) >= 11 is 0. The maximum Gasteiger partial charge on any atom is 0.307 e. The van der Waals surface area contributed by atoms with Crippen molar-refractivity contribution in [3.8, 4) is 17.6 Å². The lowest BCUT2D eigenvalue weighted by Gasteiger charge is -2.00. The van der Waals surface area contributed by atoms with Crippen molar-refractivity contribution in [3.63, 3.8) is 0 Å². The van der Waals surface area contributed by atoms with E-state index in [0.29, 0.717) is 5.56 Å². The molecule has 0 bridgehead atoms. The molecule has 82 valence electrons. The van der Waals surface area contributed by atoms with E-state index in [2.05, 4.69) is 11.8 Å². The van der Waals surface area contributed by atoms with Crippen molar-refractivity contribution in [2.75, 3.05) is 0 Å². The molecule has 0 fully saturated rings. The summed E-state index contributed by atoms with van der Waals surface area (Å²) in [6, 6.07) is 4.20. The van der Waals surface area contributed by atoms with Gasteiger partial charge < -0.3 is 15.9 Å². The zero-order valence-electron chi connectivity index (χ0n) is 8.23. The number of rotatable bonds is 2. The highest BCUT2D eigenvalue weighted by atomic mass is 16.4. The third kappa shape index (κ3) is 3.35. The van der Waals surface area contributed by atoms with E-state index < -0.39 is 11.9 Å². The monoisotopic (exact) mass is 219 g/mol. The van der Waals surface area contributed by atoms with Gasteiger partial charge in [-0.15, -0.1) is 0 Å². The van der Waals surface area contributed by atoms with Gasteiger partial charge in [0.15, 0.2) is 0 Å². The quantitative estimate of drug-likeness (QED) is 0.602. The van der Waals surface area contributed by atoms with Crippen LogP contribution in [0.25, 0.3) is 0 Å². The molecule has 4 N–H and O–H groups in total. The van der Waals surface area contributed by atoms with E-state index in [1.807, 2.05) is 0 Å². The number of carboxylic acids is 1. The van der Waals surface area contributed by atoms with Crippen LogP contribution in [0.5, 0.6) is 5.75 Å². The molecule has 1 aromatic rings. The number of hydrogen-bond donors (Lipinski definition) is 3. The molecule has 16 heavy (non-hydrogen) atoms. The lowest BCUT2D eigenvalue weighted by atomic mass is 10.1. The number of phenolic OH excluding ortho intramolecular Hbond substituents is 1. The second-order valence-electron chi connectivity index (χ2n) is 3.04. The number of phenols is 1. The minimum atomic E-state index is -0.987. The molecule has 0 aliphatic carbocycles. The van der Waals surface area contributed by atoms with E-state index in [-0.39, 0.29) is 17.7 Å². The standard InChI is InChI=1S/C11H9NO4/c12-10(14)4-2-8-5-7(6-11(15)16)1-3-9(8)13/h1,3,5,13H,6H2,(H2,12,14)(H,15,16). The summed E-state index contributed by atoms with van der Waals surface area (Å²) < 4.78 is 0. The average molecular weight is 219 g/mol. The molecule has 0 radical (unpaired) electrons. The maximum atomic E-state index is 10.5. The van der Waals surface area contributed by atoms with Crippen LogP contribution < -0.4 is 5.73 Å². The fourth-order valence-corrected chi connectivity index (χ4v) is 1.10. The highest BCUT2D eigenvalue weighted by Gasteiger charge is 2.04. The van der Waals surface area contributed by atoms with E-state index in [1.165, 1.54) is 18.2 Å². The second kappa shape index (κ2) is 4.84. The number of aromatic hydroxyl groups is 1. The third-order valence-electron chi connectivity index (χ3n) is 1.74. The number of primary amides is 1. The molecule has 0 heterocycles. The normalized spacial score (nSPS) is 9.00. The SMILES string of the molecule is NC(=O)C#Cc1cc(CC(=O)O)ccc1O. The first-order chi connectivity index (χ1) is 7.49. The molecular weight excluding hydrogens is 210 g/mol. The first kappa shape index (κ1) is 11.6. The Morgan fingerprint density at radius 3 is 2.62 bits per heavy atom. The number of carbonyl (C=O) groups excluding carboxylic acids is 1. The lowest BCUT2D eigenvalue weighted by Crippen LogP contribution is -2.06. The highest BCUT2D eigenvalue weighted by molar-refractivity contribution is 5.92. The number of carbonyl (C=O) groups is 2. The Morgan fingerprint density at radius 1 is 1.38 bits per heavy atom. The van der Waals surface area contributed by atoms with Crippen molar-refractivity contribution in [1.82, 2.24) is 0 Å². The fourth-order valence-electron chi connectivity index (χ4n) is 1.10. The van der Waals surface area contributed by atoms with Crippen molar-refractivity contribution in [3.05, 3.63) is 29.3 Å². The number of carboxylic acid groups (broad SMARTS) is 1. The Kier molecular flexibility index (Phi) is 3.51. The van der Waals surface area contributed by atoms with E-state index >= 15 is 0 Å². The predicted molar refractivity (Wildman–Crippen MR) is 55.5 cm³/mol. The molecule has 5 heteroatoms. The van der Waals surface area contributed by atoms with Crippen molar-refractivity contribution >= 4 is 11.9 Å². The van der Waals surface area contributed by atoms with Gasteiger partial charge in [-0.1, -0.05) is 12.0 Å². The van der Waals surface area contributed by atoms with E-state index in [1.54, 1.807) is 0 Å². The van der Waals surface area contributed by atoms with E-state index in [9.17, 15) is 14.7 Å². The summed E-state index contributed by atoms with van der Waals surface area (Å²) in [6.07, 6.45) is -0.175. The van der Waals surface area contributed by atoms with Crippen LogP contribution >= 0.6 is 0 Å². The molecule has 5 nitrogen and oxygen atoms in total. The zero-order valence-corrected chi connectivity index (χ0v) is 8.23. The van der Waals surface area contributed by atoms with Gasteiger partial charge in [0, 0.05) is 5.92 Å². The molecule has 0 saturated carbocycles. The fraction of sp³-hybridized carbons (Fsp3) is 0.0909. The van der Waals surface area contributed by atoms with Crippen molar-refractivity contribution in [1.29, 1.82) is 0 Å². The van der Waals surface area contributed by atoms with E-state index in [0.717, 1.165) is 0 Å². The summed E-state index contributed by atoms with van der Waals surface area (Å²) in [5, 5.41) is 18.0. The number of amides is 1. The molecular formula is C11H9NO4. The van der Waals surface area contributed by atoms with Crippen LogP contribution in [0.2, 0.25) is 0 Å². The van der Waals surface area contributed by atoms with Crippen LogP contribution in [-0.4, -0.2) is 22.1 Å². The topological polar surface area (TPSA) is 101 Å². The van der Waals surface area contributed by atoms with Gasteiger partial charge in [-0.2, -0.15) is 0 Å². The van der Waals surface area contributed by atoms with Crippen molar-refractivity contribution in [2.24, 2.45) is 5.73 Å². The van der Waals surface area contributed by atoms with Crippen molar-refractivity contribution < 1.29 is 19.8 Å². The largest absolute Gasteiger partial charge is 0.507 e. The maximum absolute atomic E-state index is 10.5. The molecule has 1 amide bonds. The molecule has 1 aromatic carbocycles. The van der Waals surface area contributed by atoms with Crippen LogP contribution in [0.4, 0.5) is 0 Å². The number of benzene rings is 1. The molecule has 0 aliphatic rings. The first-order valence-electron chi connectivity index (χ1n) is 4.34. The highest BCUT2D eigenvalue weighted by Crippen LogP contribution is 2.17. The summed E-state index contributed by atoms with van der Waals surface area (Å²) in [6.45, 7) is 0. The minimum Gasteiger partial charge on any atom is -0.507 e. The zero-order chi connectivity index (χ0) is 12.1. The smallest absolute Gasteiger partial charge is 0.307 e. The molecule has 0 saturated heterocycles. The van der Waals surface area contributed by atoms with Gasteiger partial charge in [0.2, 0.25) is 0 Å². The molecule has 0 spiro atoms. The molecule has 0 aromatic heterocycles. The molecule has 0 atom stereocenters. The predicted octanol–water partition coefficient (Wildman–Crippen LogP) is -0.144. The Balaban J connectivity index is 3.05. The Hall–Kier alpha value is -2.48. The van der Waals surface area contributed by atoms with Crippen molar-refractivity contribution in [2.45, 2.75) is 6.42 Å². The van der Waals surface area contributed by atoms with Gasteiger partial charge in [0.05, 0.1) is 12.0 Å².